The monoisotopic (exact) mass is 316 g/mol. The summed E-state index contributed by atoms with van der Waals surface area (Å²) in [6, 6.07) is 3.34. The molecular weight excluding hydrogens is 306 g/mol. The number of hydrogen-bond acceptors (Lipinski definition) is 3. The van der Waals surface area contributed by atoms with Gasteiger partial charge in [0.2, 0.25) is 5.95 Å². The molecule has 0 bridgehead atoms. The molecule has 0 fully saturated rings. The Balaban J connectivity index is 2.40. The molecule has 1 N–H and O–H groups in total. The first-order chi connectivity index (χ1) is 8.60. The molecule has 0 aliphatic heterocycles. The number of rotatable bonds is 4. The van der Waals surface area contributed by atoms with E-state index in [1.54, 1.807) is 4.90 Å². The summed E-state index contributed by atoms with van der Waals surface area (Å²) >= 11 is 3.15. The second-order valence-corrected chi connectivity index (χ2v) is 4.46. The fourth-order valence-corrected chi connectivity index (χ4v) is 1.87. The van der Waals surface area contributed by atoms with Crippen molar-refractivity contribution < 1.29 is 8.78 Å². The summed E-state index contributed by atoms with van der Waals surface area (Å²) in [5.74, 6) is -0.880. The largest absolute Gasteiger partial charge is 0.309 e. The van der Waals surface area contributed by atoms with Gasteiger partial charge in [-0.05, 0) is 34.5 Å². The Morgan fingerprint density at radius 2 is 1.94 bits per heavy atom. The molecule has 4 nitrogen and oxygen atoms in total. The van der Waals surface area contributed by atoms with Gasteiger partial charge in [-0.15, -0.1) is 5.10 Å². The average Bonchev–Trinajstić information content (AvgIpc) is 2.71. The molecule has 0 aliphatic rings. The van der Waals surface area contributed by atoms with Gasteiger partial charge in [0, 0.05) is 18.3 Å². The number of anilines is 2. The first-order valence-corrected chi connectivity index (χ1v) is 6.21. The van der Waals surface area contributed by atoms with Crippen LogP contribution in [0.5, 0.6) is 0 Å². The predicted molar refractivity (Wildman–Crippen MR) is 67.7 cm³/mol. The molecule has 0 aliphatic carbocycles. The summed E-state index contributed by atoms with van der Waals surface area (Å²) in [6.07, 6.45) is 0.796. The number of aromatic nitrogens is 3. The van der Waals surface area contributed by atoms with E-state index >= 15 is 0 Å². The quantitative estimate of drug-likeness (QED) is 0.940. The molecular formula is C11H11BrF2N4. The third-order valence-electron chi connectivity index (χ3n) is 2.29. The topological polar surface area (TPSA) is 44.8 Å². The number of nitrogens with one attached hydrogen (secondary N) is 1. The van der Waals surface area contributed by atoms with E-state index in [2.05, 4.69) is 31.1 Å². The highest BCUT2D eigenvalue weighted by atomic mass is 79.9. The van der Waals surface area contributed by atoms with Crippen LogP contribution in [0.3, 0.4) is 0 Å². The maximum Gasteiger partial charge on any atom is 0.249 e. The maximum atomic E-state index is 13.2. The van der Waals surface area contributed by atoms with Gasteiger partial charge in [0.1, 0.15) is 11.6 Å². The lowest BCUT2D eigenvalue weighted by Crippen LogP contribution is -2.19. The molecule has 96 valence electrons. The van der Waals surface area contributed by atoms with Gasteiger partial charge >= 0.3 is 0 Å². The number of H-pyrrole nitrogens is 1. The number of nitrogens with zero attached hydrogens (tertiary/aromatic N) is 3. The summed E-state index contributed by atoms with van der Waals surface area (Å²) in [5, 5.41) is 6.60. The van der Waals surface area contributed by atoms with Crippen molar-refractivity contribution in [2.24, 2.45) is 0 Å². The van der Waals surface area contributed by atoms with E-state index in [1.165, 1.54) is 12.1 Å². The van der Waals surface area contributed by atoms with Crippen LogP contribution in [-0.2, 0) is 0 Å². The third kappa shape index (κ3) is 2.84. The van der Waals surface area contributed by atoms with Gasteiger partial charge in [0.15, 0.2) is 4.73 Å². The molecule has 0 spiro atoms. The zero-order valence-electron chi connectivity index (χ0n) is 9.62. The Morgan fingerprint density at radius 1 is 1.28 bits per heavy atom. The van der Waals surface area contributed by atoms with Crippen molar-refractivity contribution in [2.45, 2.75) is 13.3 Å². The number of aromatic amines is 1. The van der Waals surface area contributed by atoms with Crippen LogP contribution in [0.15, 0.2) is 22.9 Å². The van der Waals surface area contributed by atoms with E-state index in [0.717, 1.165) is 12.5 Å². The second kappa shape index (κ2) is 5.43. The first-order valence-electron chi connectivity index (χ1n) is 5.41. The molecule has 1 aromatic carbocycles. The highest BCUT2D eigenvalue weighted by molar-refractivity contribution is 9.10. The van der Waals surface area contributed by atoms with Crippen LogP contribution >= 0.6 is 15.9 Å². The number of halogens is 3. The first kappa shape index (κ1) is 12.9. The SMILES string of the molecule is CCCN(c1cc(F)cc(F)c1)c1n[nH]c(Br)n1. The summed E-state index contributed by atoms with van der Waals surface area (Å²) in [7, 11) is 0. The molecule has 1 heterocycles. The Morgan fingerprint density at radius 3 is 2.44 bits per heavy atom. The lowest BCUT2D eigenvalue weighted by Gasteiger charge is -2.20. The Kier molecular flexibility index (Phi) is 3.90. The standard InChI is InChI=1S/C11H11BrF2N4/c1-2-3-18(11-15-10(12)16-17-11)9-5-7(13)4-8(14)6-9/h4-6H,2-3H2,1H3,(H,15,16,17). The molecule has 0 radical (unpaired) electrons. The van der Waals surface area contributed by atoms with Crippen molar-refractivity contribution in [3.05, 3.63) is 34.6 Å². The highest BCUT2D eigenvalue weighted by Gasteiger charge is 2.15. The summed E-state index contributed by atoms with van der Waals surface area (Å²) in [6.45, 7) is 2.53. The van der Waals surface area contributed by atoms with Gasteiger partial charge in [0.25, 0.3) is 0 Å². The zero-order valence-corrected chi connectivity index (χ0v) is 11.2. The van der Waals surface area contributed by atoms with E-state index in [4.69, 9.17) is 0 Å². The van der Waals surface area contributed by atoms with Crippen LogP contribution < -0.4 is 4.90 Å². The van der Waals surface area contributed by atoms with Gasteiger partial charge in [-0.2, -0.15) is 4.98 Å². The van der Waals surface area contributed by atoms with Gasteiger partial charge in [0.05, 0.1) is 0 Å². The van der Waals surface area contributed by atoms with Crippen molar-refractivity contribution in [1.29, 1.82) is 0 Å². The minimum absolute atomic E-state index is 0.369. The van der Waals surface area contributed by atoms with Crippen molar-refractivity contribution >= 4 is 27.6 Å². The minimum Gasteiger partial charge on any atom is -0.309 e. The second-order valence-electron chi connectivity index (χ2n) is 3.71. The Bertz CT molecular complexity index is 523. The van der Waals surface area contributed by atoms with Gasteiger partial charge < -0.3 is 4.90 Å². The van der Waals surface area contributed by atoms with E-state index in [9.17, 15) is 8.78 Å². The lowest BCUT2D eigenvalue weighted by atomic mass is 10.2. The Hall–Kier alpha value is -1.50. The van der Waals surface area contributed by atoms with Crippen LogP contribution in [0.4, 0.5) is 20.4 Å². The van der Waals surface area contributed by atoms with Gasteiger partial charge in [-0.3, -0.25) is 5.10 Å². The molecule has 0 saturated heterocycles. The molecule has 0 atom stereocenters. The van der Waals surface area contributed by atoms with Gasteiger partial charge in [-0.25, -0.2) is 8.78 Å². The van der Waals surface area contributed by atoms with Crippen molar-refractivity contribution in [2.75, 3.05) is 11.4 Å². The van der Waals surface area contributed by atoms with Crippen LogP contribution in [0, 0.1) is 11.6 Å². The summed E-state index contributed by atoms with van der Waals surface area (Å²) < 4.78 is 26.9. The maximum absolute atomic E-state index is 13.2. The zero-order chi connectivity index (χ0) is 13.1. The third-order valence-corrected chi connectivity index (χ3v) is 2.65. The Labute approximate surface area is 111 Å². The fourth-order valence-electron chi connectivity index (χ4n) is 1.62. The normalized spacial score (nSPS) is 10.7. The number of hydrogen-bond donors (Lipinski definition) is 1. The van der Waals surface area contributed by atoms with Crippen LogP contribution in [0.2, 0.25) is 0 Å². The predicted octanol–water partition coefficient (Wildman–Crippen LogP) is 3.39. The molecule has 0 saturated carbocycles. The van der Waals surface area contributed by atoms with E-state index in [0.29, 0.717) is 22.9 Å². The van der Waals surface area contributed by atoms with E-state index in [1.807, 2.05) is 6.92 Å². The van der Waals surface area contributed by atoms with Crippen LogP contribution in [-0.4, -0.2) is 21.7 Å². The van der Waals surface area contributed by atoms with Crippen molar-refractivity contribution in [3.63, 3.8) is 0 Å². The molecule has 7 heteroatoms. The lowest BCUT2D eigenvalue weighted by molar-refractivity contribution is 0.582. The van der Waals surface area contributed by atoms with E-state index in [-0.39, 0.29) is 0 Å². The van der Waals surface area contributed by atoms with Crippen LogP contribution in [0.1, 0.15) is 13.3 Å². The minimum atomic E-state index is -0.624. The van der Waals surface area contributed by atoms with Crippen LogP contribution in [0.25, 0.3) is 0 Å². The smallest absolute Gasteiger partial charge is 0.249 e. The average molecular weight is 317 g/mol. The van der Waals surface area contributed by atoms with Crippen molar-refractivity contribution in [3.8, 4) is 0 Å². The molecule has 0 unspecified atom stereocenters. The number of benzene rings is 1. The summed E-state index contributed by atoms with van der Waals surface area (Å²) in [4.78, 5) is 5.74. The highest BCUT2D eigenvalue weighted by Crippen LogP contribution is 2.25. The van der Waals surface area contributed by atoms with E-state index < -0.39 is 11.6 Å². The fraction of sp³-hybridized carbons (Fsp3) is 0.273. The molecule has 1 aromatic heterocycles. The van der Waals surface area contributed by atoms with Crippen molar-refractivity contribution in [1.82, 2.24) is 15.2 Å². The molecule has 18 heavy (non-hydrogen) atoms. The molecule has 2 aromatic rings. The summed E-state index contributed by atoms with van der Waals surface area (Å²) in [5.41, 5.74) is 0.390. The van der Waals surface area contributed by atoms with Gasteiger partial charge in [-0.1, -0.05) is 6.92 Å². The molecule has 0 amide bonds. The molecule has 2 rings (SSSR count).